The molecule has 0 fully saturated rings. The van der Waals surface area contributed by atoms with Crippen molar-refractivity contribution in [3.63, 3.8) is 0 Å². The third kappa shape index (κ3) is 2.60. The Balaban J connectivity index is 3.94. The highest BCUT2D eigenvalue weighted by atomic mass is 35.6. The molecule has 0 radical (unpaired) electrons. The first kappa shape index (κ1) is 10.5. The van der Waals surface area contributed by atoms with Crippen molar-refractivity contribution in [2.75, 3.05) is 7.05 Å². The molecule has 0 aliphatic carbocycles. The second kappa shape index (κ2) is 4.37. The Hall–Kier alpha value is 0.467. The molecular formula is C7H18ClNSi. The largest absolute Gasteiger partial charge is 0.328 e. The molecule has 0 saturated carbocycles. The molecule has 3 heteroatoms. The van der Waals surface area contributed by atoms with Crippen LogP contribution in [0, 0.1) is 0 Å². The van der Waals surface area contributed by atoms with Crippen LogP contribution in [0.15, 0.2) is 0 Å². The fourth-order valence-electron chi connectivity index (χ4n) is 1.07. The third-order valence-electron chi connectivity index (χ3n) is 1.94. The Kier molecular flexibility index (Phi) is 4.57. The number of rotatable bonds is 4. The molecule has 0 rings (SSSR count). The highest BCUT2D eigenvalue weighted by Crippen LogP contribution is 2.26. The molecule has 1 nitrogen and oxygen atoms in total. The average Bonchev–Trinajstić information content (AvgIpc) is 1.88. The summed E-state index contributed by atoms with van der Waals surface area (Å²) in [5.41, 5.74) is 0.624. The maximum Gasteiger partial charge on any atom is 0.228 e. The minimum atomic E-state index is -1.58. The van der Waals surface area contributed by atoms with Gasteiger partial charge in [-0.2, -0.15) is 0 Å². The van der Waals surface area contributed by atoms with Gasteiger partial charge in [-0.3, -0.25) is 0 Å². The Bertz CT molecular complexity index is 97.6. The van der Waals surface area contributed by atoms with Crippen molar-refractivity contribution in [1.29, 1.82) is 0 Å². The SMILES string of the molecule is CCC[Si](Cl)(NC)C(C)C. The topological polar surface area (TPSA) is 12.0 Å². The average molecular weight is 180 g/mol. The number of halogens is 1. The van der Waals surface area contributed by atoms with E-state index in [1.165, 1.54) is 12.5 Å². The Morgan fingerprint density at radius 3 is 2.10 bits per heavy atom. The van der Waals surface area contributed by atoms with Crippen molar-refractivity contribution in [3.8, 4) is 0 Å². The van der Waals surface area contributed by atoms with Crippen LogP contribution in [0.1, 0.15) is 27.2 Å². The highest BCUT2D eigenvalue weighted by molar-refractivity contribution is 7.19. The lowest BCUT2D eigenvalue weighted by molar-refractivity contribution is 0.912. The minimum Gasteiger partial charge on any atom is -0.328 e. The predicted molar refractivity (Wildman–Crippen MR) is 50.9 cm³/mol. The van der Waals surface area contributed by atoms with E-state index in [1.54, 1.807) is 0 Å². The zero-order valence-electron chi connectivity index (χ0n) is 7.37. The van der Waals surface area contributed by atoms with Gasteiger partial charge in [-0.1, -0.05) is 27.2 Å². The molecular weight excluding hydrogens is 162 g/mol. The Morgan fingerprint density at radius 2 is 2.00 bits per heavy atom. The quantitative estimate of drug-likeness (QED) is 0.517. The van der Waals surface area contributed by atoms with Gasteiger partial charge < -0.3 is 4.98 Å². The maximum absolute atomic E-state index is 6.39. The summed E-state index contributed by atoms with van der Waals surface area (Å²) >= 11 is 6.39. The molecule has 0 heterocycles. The second-order valence-electron chi connectivity index (χ2n) is 3.02. The summed E-state index contributed by atoms with van der Waals surface area (Å²) in [4.78, 5) is 3.28. The second-order valence-corrected chi connectivity index (χ2v) is 8.92. The summed E-state index contributed by atoms with van der Waals surface area (Å²) in [6.07, 6.45) is 1.19. The zero-order chi connectivity index (χ0) is 8.20. The number of nitrogens with one attached hydrogen (secondary N) is 1. The molecule has 0 aliphatic heterocycles. The molecule has 1 atom stereocenters. The van der Waals surface area contributed by atoms with Crippen LogP contribution in [-0.4, -0.2) is 14.6 Å². The van der Waals surface area contributed by atoms with Crippen LogP contribution in [-0.2, 0) is 0 Å². The molecule has 1 N–H and O–H groups in total. The van der Waals surface area contributed by atoms with Crippen LogP contribution >= 0.6 is 11.1 Å². The first-order valence-electron chi connectivity index (χ1n) is 3.94. The lowest BCUT2D eigenvalue weighted by atomic mass is 10.6. The predicted octanol–water partition coefficient (Wildman–Crippen LogP) is 2.71. The fourth-order valence-corrected chi connectivity index (χ4v) is 3.77. The van der Waals surface area contributed by atoms with Gasteiger partial charge >= 0.3 is 0 Å². The minimum absolute atomic E-state index is 0.624. The van der Waals surface area contributed by atoms with Gasteiger partial charge in [0.2, 0.25) is 7.55 Å². The van der Waals surface area contributed by atoms with Gasteiger partial charge in [0.1, 0.15) is 0 Å². The van der Waals surface area contributed by atoms with Crippen LogP contribution in [0.3, 0.4) is 0 Å². The van der Waals surface area contributed by atoms with Gasteiger partial charge in [-0.15, -0.1) is 11.1 Å². The summed E-state index contributed by atoms with van der Waals surface area (Å²) in [5, 5.41) is 0. The number of hydrogen-bond donors (Lipinski definition) is 1. The van der Waals surface area contributed by atoms with Crippen molar-refractivity contribution in [2.45, 2.75) is 38.8 Å². The standard InChI is InChI=1S/C7H18ClNSi/c1-5-6-10(8,9-4)7(2)3/h7,9H,5-6H2,1-4H3. The van der Waals surface area contributed by atoms with E-state index in [0.29, 0.717) is 5.54 Å². The molecule has 0 bridgehead atoms. The van der Waals surface area contributed by atoms with E-state index in [2.05, 4.69) is 25.8 Å². The lowest BCUT2D eigenvalue weighted by Gasteiger charge is -2.26. The fraction of sp³-hybridized carbons (Fsp3) is 1.00. The lowest BCUT2D eigenvalue weighted by Crippen LogP contribution is -2.45. The summed E-state index contributed by atoms with van der Waals surface area (Å²) in [6.45, 7) is 6.58. The van der Waals surface area contributed by atoms with Gasteiger partial charge in [-0.05, 0) is 18.6 Å². The first-order chi connectivity index (χ1) is 4.56. The Labute approximate surface area is 69.9 Å². The van der Waals surface area contributed by atoms with Crippen molar-refractivity contribution in [1.82, 2.24) is 4.98 Å². The van der Waals surface area contributed by atoms with Crippen molar-refractivity contribution in [3.05, 3.63) is 0 Å². The first-order valence-corrected chi connectivity index (χ1v) is 7.24. The number of hydrogen-bond acceptors (Lipinski definition) is 1. The molecule has 0 aromatic carbocycles. The third-order valence-corrected chi connectivity index (χ3v) is 8.28. The van der Waals surface area contributed by atoms with Crippen molar-refractivity contribution >= 4 is 18.6 Å². The van der Waals surface area contributed by atoms with Crippen LogP contribution in [0.2, 0.25) is 11.6 Å². The van der Waals surface area contributed by atoms with E-state index in [0.717, 1.165) is 0 Å². The molecule has 0 saturated heterocycles. The van der Waals surface area contributed by atoms with E-state index in [4.69, 9.17) is 11.1 Å². The summed E-state index contributed by atoms with van der Waals surface area (Å²) < 4.78 is 0. The van der Waals surface area contributed by atoms with Gasteiger partial charge in [0.05, 0.1) is 0 Å². The summed E-state index contributed by atoms with van der Waals surface area (Å²) in [5.74, 6) is 0. The van der Waals surface area contributed by atoms with E-state index < -0.39 is 7.55 Å². The van der Waals surface area contributed by atoms with Gasteiger partial charge in [0.15, 0.2) is 0 Å². The zero-order valence-corrected chi connectivity index (χ0v) is 9.13. The van der Waals surface area contributed by atoms with E-state index in [1.807, 2.05) is 7.05 Å². The molecule has 0 aromatic rings. The summed E-state index contributed by atoms with van der Waals surface area (Å²) in [7, 11) is 0.403. The van der Waals surface area contributed by atoms with Crippen LogP contribution in [0.25, 0.3) is 0 Å². The smallest absolute Gasteiger partial charge is 0.228 e. The van der Waals surface area contributed by atoms with Crippen molar-refractivity contribution < 1.29 is 0 Å². The van der Waals surface area contributed by atoms with Gasteiger partial charge in [0, 0.05) is 0 Å². The van der Waals surface area contributed by atoms with E-state index >= 15 is 0 Å². The van der Waals surface area contributed by atoms with Gasteiger partial charge in [-0.25, -0.2) is 0 Å². The van der Waals surface area contributed by atoms with E-state index in [-0.39, 0.29) is 0 Å². The summed E-state index contributed by atoms with van der Waals surface area (Å²) in [6, 6.07) is 1.17. The molecule has 0 aromatic heterocycles. The van der Waals surface area contributed by atoms with E-state index in [9.17, 15) is 0 Å². The molecule has 10 heavy (non-hydrogen) atoms. The monoisotopic (exact) mass is 179 g/mol. The highest BCUT2D eigenvalue weighted by Gasteiger charge is 2.31. The maximum atomic E-state index is 6.39. The molecule has 0 aliphatic rings. The molecule has 0 spiro atoms. The Morgan fingerprint density at radius 1 is 1.50 bits per heavy atom. The normalized spacial score (nSPS) is 17.4. The van der Waals surface area contributed by atoms with Crippen LogP contribution in [0.4, 0.5) is 0 Å². The van der Waals surface area contributed by atoms with Crippen LogP contribution in [0.5, 0.6) is 0 Å². The molecule has 1 unspecified atom stereocenters. The molecule has 0 amide bonds. The molecule has 62 valence electrons. The van der Waals surface area contributed by atoms with Crippen LogP contribution < -0.4 is 4.98 Å². The van der Waals surface area contributed by atoms with Gasteiger partial charge in [0.25, 0.3) is 0 Å². The van der Waals surface area contributed by atoms with Crippen molar-refractivity contribution in [2.24, 2.45) is 0 Å².